The summed E-state index contributed by atoms with van der Waals surface area (Å²) in [6, 6.07) is 6.78. The van der Waals surface area contributed by atoms with E-state index in [0.717, 1.165) is 11.1 Å². The third-order valence-electron chi connectivity index (χ3n) is 4.32. The maximum atomic E-state index is 14.7. The number of fused-ring (bicyclic) bond motifs is 1. The summed E-state index contributed by atoms with van der Waals surface area (Å²) in [4.78, 5) is 25.5. The lowest BCUT2D eigenvalue weighted by atomic mass is 9.91. The van der Waals surface area contributed by atoms with Crippen LogP contribution in [0, 0.1) is 0 Å². The van der Waals surface area contributed by atoms with Gasteiger partial charge in [0.25, 0.3) is 5.91 Å². The second-order valence-electron chi connectivity index (χ2n) is 5.72. The van der Waals surface area contributed by atoms with E-state index in [9.17, 15) is 14.0 Å². The van der Waals surface area contributed by atoms with E-state index in [4.69, 9.17) is 5.73 Å². The van der Waals surface area contributed by atoms with Crippen LogP contribution in [0.5, 0.6) is 0 Å². The van der Waals surface area contributed by atoms with Crippen molar-refractivity contribution in [2.45, 2.75) is 31.1 Å². The van der Waals surface area contributed by atoms with Crippen LogP contribution in [0.15, 0.2) is 24.3 Å². The van der Waals surface area contributed by atoms with E-state index >= 15 is 0 Å². The zero-order chi connectivity index (χ0) is 15.0. The molecule has 1 fully saturated rings. The number of carbonyl (C=O) groups is 2. The number of hydrogen-bond acceptors (Lipinski definition) is 3. The van der Waals surface area contributed by atoms with E-state index in [2.05, 4.69) is 5.32 Å². The molecule has 0 spiro atoms. The van der Waals surface area contributed by atoms with Gasteiger partial charge in [0.1, 0.15) is 6.04 Å². The number of nitrogens with zero attached hydrogens (tertiary/aromatic N) is 1. The molecular formula is C15H18FN3O2. The standard InChI is InChI=1S/C15H18FN3O2/c16-15(5-6-18-9-15)14(21)19-8-11-4-2-1-3-10(11)7-12(19)13(17)20/h1-4,12,18H,5-9H2,(H2,17,20)/t12-,15+/m0/s1. The van der Waals surface area contributed by atoms with Crippen molar-refractivity contribution in [3.05, 3.63) is 35.4 Å². The van der Waals surface area contributed by atoms with Gasteiger partial charge in [-0.25, -0.2) is 4.39 Å². The van der Waals surface area contributed by atoms with Crippen molar-refractivity contribution >= 4 is 11.8 Å². The zero-order valence-corrected chi connectivity index (χ0v) is 11.6. The molecule has 3 N–H and O–H groups in total. The van der Waals surface area contributed by atoms with Crippen LogP contribution in [0.1, 0.15) is 17.5 Å². The smallest absolute Gasteiger partial charge is 0.262 e. The number of amides is 2. The number of hydrogen-bond donors (Lipinski definition) is 2. The molecule has 0 radical (unpaired) electrons. The summed E-state index contributed by atoms with van der Waals surface area (Å²) in [6.45, 7) is 0.692. The fourth-order valence-corrected chi connectivity index (χ4v) is 3.09. The SMILES string of the molecule is NC(=O)[C@@H]1Cc2ccccc2CN1C(=O)[C@@]1(F)CCNC1. The first-order valence-corrected chi connectivity index (χ1v) is 7.08. The largest absolute Gasteiger partial charge is 0.368 e. The topological polar surface area (TPSA) is 75.4 Å². The number of primary amides is 1. The maximum absolute atomic E-state index is 14.7. The van der Waals surface area contributed by atoms with Gasteiger partial charge in [-0.15, -0.1) is 0 Å². The van der Waals surface area contributed by atoms with Gasteiger partial charge < -0.3 is 16.0 Å². The molecule has 3 rings (SSSR count). The Bertz CT molecular complexity index is 584. The molecule has 0 unspecified atom stereocenters. The lowest BCUT2D eigenvalue weighted by molar-refractivity contribution is -0.150. The molecule has 1 saturated heterocycles. The number of carbonyl (C=O) groups excluding carboxylic acids is 2. The Morgan fingerprint density at radius 2 is 2.05 bits per heavy atom. The number of alkyl halides is 1. The first-order chi connectivity index (χ1) is 10.0. The van der Waals surface area contributed by atoms with E-state index in [1.807, 2.05) is 24.3 Å². The molecule has 5 nitrogen and oxygen atoms in total. The lowest BCUT2D eigenvalue weighted by Crippen LogP contribution is -2.57. The van der Waals surface area contributed by atoms with Gasteiger partial charge in [-0.05, 0) is 17.7 Å². The van der Waals surface area contributed by atoms with Crippen molar-refractivity contribution in [3.8, 4) is 0 Å². The highest BCUT2D eigenvalue weighted by Gasteiger charge is 2.47. The molecule has 2 amide bonds. The summed E-state index contributed by atoms with van der Waals surface area (Å²) in [5.74, 6) is -1.22. The summed E-state index contributed by atoms with van der Waals surface area (Å²) in [7, 11) is 0. The molecule has 1 aromatic carbocycles. The fourth-order valence-electron chi connectivity index (χ4n) is 3.09. The van der Waals surface area contributed by atoms with Crippen molar-refractivity contribution in [3.63, 3.8) is 0 Å². The van der Waals surface area contributed by atoms with Crippen molar-refractivity contribution in [1.29, 1.82) is 0 Å². The van der Waals surface area contributed by atoms with Gasteiger partial charge in [0, 0.05) is 25.9 Å². The Hall–Kier alpha value is -1.95. The predicted octanol–water partition coefficient (Wildman–Crippen LogP) is 0.127. The first-order valence-electron chi connectivity index (χ1n) is 7.08. The summed E-state index contributed by atoms with van der Waals surface area (Å²) in [6.07, 6.45) is 0.482. The van der Waals surface area contributed by atoms with E-state index in [0.29, 0.717) is 13.0 Å². The quantitative estimate of drug-likeness (QED) is 0.813. The molecule has 21 heavy (non-hydrogen) atoms. The Morgan fingerprint density at radius 3 is 2.67 bits per heavy atom. The predicted molar refractivity (Wildman–Crippen MR) is 75.0 cm³/mol. The number of rotatable bonds is 2. The summed E-state index contributed by atoms with van der Waals surface area (Å²) in [5.41, 5.74) is 5.42. The molecule has 2 heterocycles. The minimum atomic E-state index is -1.93. The van der Waals surface area contributed by atoms with Crippen molar-refractivity contribution in [2.75, 3.05) is 13.1 Å². The van der Waals surface area contributed by atoms with Crippen LogP contribution in [0.3, 0.4) is 0 Å². The highest BCUT2D eigenvalue weighted by molar-refractivity contribution is 5.92. The van der Waals surface area contributed by atoms with Crippen LogP contribution in [0.2, 0.25) is 0 Å². The van der Waals surface area contributed by atoms with E-state index in [1.165, 1.54) is 4.90 Å². The Kier molecular flexibility index (Phi) is 3.41. The van der Waals surface area contributed by atoms with Crippen LogP contribution in [0.4, 0.5) is 4.39 Å². The second-order valence-corrected chi connectivity index (χ2v) is 5.72. The van der Waals surface area contributed by atoms with E-state index in [-0.39, 0.29) is 19.5 Å². The molecule has 6 heteroatoms. The third-order valence-corrected chi connectivity index (χ3v) is 4.32. The van der Waals surface area contributed by atoms with Gasteiger partial charge in [0.2, 0.25) is 11.6 Å². The Morgan fingerprint density at radius 1 is 1.33 bits per heavy atom. The number of halogens is 1. The summed E-state index contributed by atoms with van der Waals surface area (Å²) in [5, 5.41) is 2.86. The molecule has 0 saturated carbocycles. The maximum Gasteiger partial charge on any atom is 0.262 e. The van der Waals surface area contributed by atoms with Crippen molar-refractivity contribution in [2.24, 2.45) is 5.73 Å². The van der Waals surface area contributed by atoms with Gasteiger partial charge in [-0.3, -0.25) is 9.59 Å². The molecule has 1 aromatic rings. The van der Waals surface area contributed by atoms with Crippen LogP contribution in [-0.4, -0.2) is 41.5 Å². The van der Waals surface area contributed by atoms with Gasteiger partial charge >= 0.3 is 0 Å². The second kappa shape index (κ2) is 5.11. The fraction of sp³-hybridized carbons (Fsp3) is 0.467. The average molecular weight is 291 g/mol. The van der Waals surface area contributed by atoms with Crippen LogP contribution >= 0.6 is 0 Å². The molecule has 0 aromatic heterocycles. The van der Waals surface area contributed by atoms with Crippen LogP contribution in [0.25, 0.3) is 0 Å². The molecule has 2 aliphatic heterocycles. The van der Waals surface area contributed by atoms with Gasteiger partial charge in [-0.2, -0.15) is 0 Å². The van der Waals surface area contributed by atoms with Crippen molar-refractivity contribution in [1.82, 2.24) is 10.2 Å². The third kappa shape index (κ3) is 2.40. The van der Waals surface area contributed by atoms with Gasteiger partial charge in [0.15, 0.2) is 0 Å². The van der Waals surface area contributed by atoms with Crippen LogP contribution < -0.4 is 11.1 Å². The molecular weight excluding hydrogens is 273 g/mol. The zero-order valence-electron chi connectivity index (χ0n) is 11.6. The Labute approximate surface area is 122 Å². The van der Waals surface area contributed by atoms with Crippen molar-refractivity contribution < 1.29 is 14.0 Å². The number of nitrogens with two attached hydrogens (primary N) is 1. The molecule has 2 aliphatic rings. The van der Waals surface area contributed by atoms with E-state index in [1.54, 1.807) is 0 Å². The molecule has 112 valence electrons. The minimum absolute atomic E-state index is 0.00450. The summed E-state index contributed by atoms with van der Waals surface area (Å²) < 4.78 is 14.7. The highest BCUT2D eigenvalue weighted by Crippen LogP contribution is 2.29. The number of benzene rings is 1. The molecule has 2 atom stereocenters. The van der Waals surface area contributed by atoms with E-state index < -0.39 is 23.5 Å². The highest BCUT2D eigenvalue weighted by atomic mass is 19.1. The number of nitrogens with one attached hydrogen (secondary N) is 1. The van der Waals surface area contributed by atoms with Gasteiger partial charge in [-0.1, -0.05) is 24.3 Å². The molecule has 0 aliphatic carbocycles. The first kappa shape index (κ1) is 14.0. The summed E-state index contributed by atoms with van der Waals surface area (Å²) >= 11 is 0. The lowest BCUT2D eigenvalue weighted by Gasteiger charge is -2.37. The van der Waals surface area contributed by atoms with Crippen LogP contribution in [-0.2, 0) is 22.6 Å². The monoisotopic (exact) mass is 291 g/mol. The Balaban J connectivity index is 1.92. The van der Waals surface area contributed by atoms with Gasteiger partial charge in [0.05, 0.1) is 0 Å². The molecule has 0 bridgehead atoms. The normalized spacial score (nSPS) is 28.2. The average Bonchev–Trinajstić information content (AvgIpc) is 2.93. The minimum Gasteiger partial charge on any atom is -0.368 e.